The number of allylic oxidation sites excluding steroid dienone is 1. The Balaban J connectivity index is 2.08. The summed E-state index contributed by atoms with van der Waals surface area (Å²) in [5.74, 6) is 0.686. The van der Waals surface area contributed by atoms with E-state index in [1.54, 1.807) is 0 Å². The quantitative estimate of drug-likeness (QED) is 0.564. The van der Waals surface area contributed by atoms with E-state index < -0.39 is 0 Å². The van der Waals surface area contributed by atoms with Crippen LogP contribution in [0.1, 0.15) is 42.1 Å². The molecule has 1 aromatic rings. The average molecular weight is 184 g/mol. The van der Waals surface area contributed by atoms with Gasteiger partial charge < -0.3 is 4.74 Å². The maximum Gasteiger partial charge on any atom is 0.114 e. The summed E-state index contributed by atoms with van der Waals surface area (Å²) in [6.07, 6.45) is 4.38. The van der Waals surface area contributed by atoms with Gasteiger partial charge in [0.2, 0.25) is 0 Å². The Bertz CT molecular complexity index is 458. The van der Waals surface area contributed by atoms with Crippen LogP contribution in [-0.2, 0) is 4.74 Å². The van der Waals surface area contributed by atoms with Crippen LogP contribution in [0.5, 0.6) is 0 Å². The summed E-state index contributed by atoms with van der Waals surface area (Å²) in [5, 5.41) is 0. The molecule has 14 heavy (non-hydrogen) atoms. The topological polar surface area (TPSA) is 12.5 Å². The number of benzene rings is 1. The minimum Gasteiger partial charge on any atom is -0.359 e. The molecule has 0 bridgehead atoms. The van der Waals surface area contributed by atoms with Crippen molar-refractivity contribution < 1.29 is 4.74 Å². The van der Waals surface area contributed by atoms with E-state index in [2.05, 4.69) is 31.2 Å². The molecule has 70 valence electrons. The van der Waals surface area contributed by atoms with E-state index in [0.29, 0.717) is 18.1 Å². The van der Waals surface area contributed by atoms with Crippen molar-refractivity contribution >= 4 is 5.57 Å². The fourth-order valence-corrected chi connectivity index (χ4v) is 2.95. The van der Waals surface area contributed by atoms with Gasteiger partial charge in [0.1, 0.15) is 12.2 Å². The van der Waals surface area contributed by atoms with Gasteiger partial charge in [-0.05, 0) is 34.6 Å². The highest BCUT2D eigenvalue weighted by molar-refractivity contribution is 5.83. The van der Waals surface area contributed by atoms with E-state index in [4.69, 9.17) is 4.74 Å². The number of hydrogen-bond acceptors (Lipinski definition) is 1. The second-order valence-electron chi connectivity index (χ2n) is 4.58. The summed E-state index contributed by atoms with van der Waals surface area (Å²) in [7, 11) is 0. The molecule has 0 N–H and O–H groups in total. The number of hydrogen-bond donors (Lipinski definition) is 0. The zero-order valence-electron chi connectivity index (χ0n) is 8.16. The largest absolute Gasteiger partial charge is 0.359 e. The van der Waals surface area contributed by atoms with Crippen molar-refractivity contribution in [2.24, 2.45) is 0 Å². The first kappa shape index (κ1) is 7.24. The van der Waals surface area contributed by atoms with Gasteiger partial charge in [0.25, 0.3) is 0 Å². The molecule has 1 nitrogen and oxygen atoms in total. The predicted octanol–water partition coefficient (Wildman–Crippen LogP) is 3.03. The highest BCUT2D eigenvalue weighted by Gasteiger charge is 2.52. The summed E-state index contributed by atoms with van der Waals surface area (Å²) in [6, 6.07) is 6.68. The number of epoxide rings is 1. The standard InChI is InChI=1S/C13H12O/c1-7-5-6-10-11-8(7)3-2-4-9(11)12-13(10)14-12/h2-4,6-7,12-13H,5H2,1H3. The van der Waals surface area contributed by atoms with Crippen LogP contribution < -0.4 is 0 Å². The van der Waals surface area contributed by atoms with Crippen LogP contribution in [0.15, 0.2) is 24.3 Å². The molecule has 0 aromatic heterocycles. The molecule has 1 aliphatic heterocycles. The van der Waals surface area contributed by atoms with Gasteiger partial charge in [0.15, 0.2) is 0 Å². The van der Waals surface area contributed by atoms with Crippen molar-refractivity contribution in [2.45, 2.75) is 31.5 Å². The maximum absolute atomic E-state index is 5.64. The van der Waals surface area contributed by atoms with Crippen molar-refractivity contribution in [1.29, 1.82) is 0 Å². The lowest BCUT2D eigenvalue weighted by atomic mass is 9.84. The van der Waals surface area contributed by atoms with Crippen molar-refractivity contribution in [3.05, 3.63) is 41.0 Å². The summed E-state index contributed by atoms with van der Waals surface area (Å²) in [4.78, 5) is 0. The highest BCUT2D eigenvalue weighted by atomic mass is 16.6. The van der Waals surface area contributed by atoms with E-state index in [9.17, 15) is 0 Å². The Morgan fingerprint density at radius 1 is 1.21 bits per heavy atom. The van der Waals surface area contributed by atoms with Crippen LogP contribution in [0.2, 0.25) is 0 Å². The van der Waals surface area contributed by atoms with Crippen molar-refractivity contribution in [3.63, 3.8) is 0 Å². The van der Waals surface area contributed by atoms with Crippen molar-refractivity contribution in [3.8, 4) is 0 Å². The predicted molar refractivity (Wildman–Crippen MR) is 55.1 cm³/mol. The minimum absolute atomic E-state index is 0.404. The lowest BCUT2D eigenvalue weighted by Crippen LogP contribution is -2.05. The van der Waals surface area contributed by atoms with Crippen molar-refractivity contribution in [1.82, 2.24) is 0 Å². The second-order valence-corrected chi connectivity index (χ2v) is 4.58. The molecule has 1 saturated heterocycles. The fraction of sp³-hybridized carbons (Fsp3) is 0.385. The Labute approximate surface area is 83.4 Å². The van der Waals surface area contributed by atoms with Crippen LogP contribution >= 0.6 is 0 Å². The van der Waals surface area contributed by atoms with E-state index >= 15 is 0 Å². The Hall–Kier alpha value is -1.08. The van der Waals surface area contributed by atoms with Crippen LogP contribution in [-0.4, -0.2) is 6.10 Å². The first-order chi connectivity index (χ1) is 6.86. The summed E-state index contributed by atoms with van der Waals surface area (Å²) < 4.78 is 5.64. The third-order valence-electron chi connectivity index (χ3n) is 3.74. The Morgan fingerprint density at radius 2 is 2.07 bits per heavy atom. The minimum atomic E-state index is 0.404. The third-order valence-corrected chi connectivity index (χ3v) is 3.74. The molecular weight excluding hydrogens is 172 g/mol. The van der Waals surface area contributed by atoms with E-state index in [0.717, 1.165) is 0 Å². The second kappa shape index (κ2) is 2.12. The smallest absolute Gasteiger partial charge is 0.114 e. The highest BCUT2D eigenvalue weighted by Crippen LogP contribution is 2.58. The molecule has 1 heteroatoms. The lowest BCUT2D eigenvalue weighted by molar-refractivity contribution is 0.389. The van der Waals surface area contributed by atoms with Crippen LogP contribution in [0, 0.1) is 0 Å². The zero-order chi connectivity index (χ0) is 9.28. The molecule has 0 spiro atoms. The van der Waals surface area contributed by atoms with Crippen LogP contribution in [0.25, 0.3) is 5.57 Å². The number of fused-ring (bicyclic) bond motifs is 3. The SMILES string of the molecule is CC1CC=C2c3c1cccc3C1OC21. The van der Waals surface area contributed by atoms with E-state index in [-0.39, 0.29) is 0 Å². The molecule has 0 amide bonds. The average Bonchev–Trinajstić information content (AvgIpc) is 2.93. The van der Waals surface area contributed by atoms with E-state index in [1.165, 1.54) is 28.7 Å². The molecule has 4 rings (SSSR count). The Morgan fingerprint density at radius 3 is 3.00 bits per heavy atom. The van der Waals surface area contributed by atoms with Gasteiger partial charge in [-0.15, -0.1) is 0 Å². The van der Waals surface area contributed by atoms with Gasteiger partial charge in [0.05, 0.1) is 0 Å². The monoisotopic (exact) mass is 184 g/mol. The molecule has 1 fully saturated rings. The van der Waals surface area contributed by atoms with Crippen LogP contribution in [0.4, 0.5) is 0 Å². The Kier molecular flexibility index (Phi) is 1.09. The lowest BCUT2D eigenvalue weighted by Gasteiger charge is -2.21. The molecule has 0 radical (unpaired) electrons. The van der Waals surface area contributed by atoms with E-state index in [1.807, 2.05) is 0 Å². The molecule has 1 heterocycles. The van der Waals surface area contributed by atoms with Gasteiger partial charge in [-0.1, -0.05) is 31.2 Å². The molecule has 2 aliphatic carbocycles. The van der Waals surface area contributed by atoms with Crippen LogP contribution in [0.3, 0.4) is 0 Å². The first-order valence-corrected chi connectivity index (χ1v) is 5.35. The van der Waals surface area contributed by atoms with Gasteiger partial charge in [-0.3, -0.25) is 0 Å². The molecule has 1 aromatic carbocycles. The van der Waals surface area contributed by atoms with Gasteiger partial charge in [0, 0.05) is 0 Å². The summed E-state index contributed by atoms with van der Waals surface area (Å²) in [5.41, 5.74) is 5.97. The normalized spacial score (nSPS) is 36.1. The first-order valence-electron chi connectivity index (χ1n) is 5.35. The molecule has 3 aliphatic rings. The number of ether oxygens (including phenoxy) is 1. The molecule has 0 saturated carbocycles. The van der Waals surface area contributed by atoms with Gasteiger partial charge in [-0.25, -0.2) is 0 Å². The van der Waals surface area contributed by atoms with Gasteiger partial charge >= 0.3 is 0 Å². The number of rotatable bonds is 0. The zero-order valence-corrected chi connectivity index (χ0v) is 8.16. The summed E-state index contributed by atoms with van der Waals surface area (Å²) in [6.45, 7) is 2.31. The maximum atomic E-state index is 5.64. The molecule has 3 atom stereocenters. The summed E-state index contributed by atoms with van der Waals surface area (Å²) >= 11 is 0. The fourth-order valence-electron chi connectivity index (χ4n) is 2.95. The van der Waals surface area contributed by atoms with Gasteiger partial charge in [-0.2, -0.15) is 0 Å². The molecule has 3 unspecified atom stereocenters. The third kappa shape index (κ3) is 0.674. The molecular formula is C13H12O. The van der Waals surface area contributed by atoms with Crippen molar-refractivity contribution in [2.75, 3.05) is 0 Å².